The summed E-state index contributed by atoms with van der Waals surface area (Å²) in [6.07, 6.45) is 16.2. The summed E-state index contributed by atoms with van der Waals surface area (Å²) in [5, 5.41) is 15.1. The smallest absolute Gasteiger partial charge is 0.326 e. The minimum atomic E-state index is -1.32. The number of ether oxygens (including phenoxy) is 4. The first kappa shape index (κ1) is 41.6. The highest BCUT2D eigenvalue weighted by Crippen LogP contribution is 2.17. The van der Waals surface area contributed by atoms with Crippen LogP contribution in [-0.4, -0.2) is 100 Å². The van der Waals surface area contributed by atoms with Gasteiger partial charge in [0.2, 0.25) is 11.8 Å². The second-order valence-electron chi connectivity index (χ2n) is 11.9. The van der Waals surface area contributed by atoms with Gasteiger partial charge in [0.1, 0.15) is 18.1 Å². The Balaban J connectivity index is 2.49. The number of nitrogens with one attached hydrogen (secondary N) is 2. The zero-order valence-electron chi connectivity index (χ0n) is 27.9. The lowest BCUT2D eigenvalue weighted by atomic mass is 9.91. The average Bonchev–Trinajstić information content (AvgIpc) is 3.03. The summed E-state index contributed by atoms with van der Waals surface area (Å²) in [4.78, 5) is 61.0. The maximum Gasteiger partial charge on any atom is 0.326 e. The highest BCUT2D eigenvalue weighted by Gasteiger charge is 2.32. The Morgan fingerprint density at radius 1 is 0.674 bits per heavy atom. The third-order valence-corrected chi connectivity index (χ3v) is 7.93. The number of aliphatic carboxylic acids is 1. The van der Waals surface area contributed by atoms with Crippen molar-refractivity contribution in [3.8, 4) is 0 Å². The molecular formula is C34H60N2O10. The minimum absolute atomic E-state index is 0.153. The molecule has 0 radical (unpaired) electrons. The highest BCUT2D eigenvalue weighted by atomic mass is 16.6. The van der Waals surface area contributed by atoms with Gasteiger partial charge in [-0.2, -0.15) is 0 Å². The van der Waals surface area contributed by atoms with E-state index in [1.54, 1.807) is 0 Å². The summed E-state index contributed by atoms with van der Waals surface area (Å²) in [6, 6.07) is -1.32. The Kier molecular flexibility index (Phi) is 27.1. The molecule has 1 fully saturated rings. The van der Waals surface area contributed by atoms with E-state index in [0.29, 0.717) is 65.5 Å². The predicted octanol–water partition coefficient (Wildman–Crippen LogP) is 4.16. The first-order valence-electron chi connectivity index (χ1n) is 17.5. The van der Waals surface area contributed by atoms with Gasteiger partial charge < -0.3 is 39.5 Å². The summed E-state index contributed by atoms with van der Waals surface area (Å²) < 4.78 is 21.5. The molecule has 2 atom stereocenters. The zero-order chi connectivity index (χ0) is 33.5. The van der Waals surface area contributed by atoms with Crippen molar-refractivity contribution in [1.82, 2.24) is 10.6 Å². The lowest BCUT2D eigenvalue weighted by molar-refractivity contribution is -0.143. The van der Waals surface area contributed by atoms with Gasteiger partial charge in [0.25, 0.3) is 0 Å². The maximum absolute atomic E-state index is 13.2. The molecular weight excluding hydrogens is 596 g/mol. The van der Waals surface area contributed by atoms with Crippen molar-refractivity contribution in [1.29, 1.82) is 0 Å². The third kappa shape index (κ3) is 23.9. The number of carbonyl (C=O) groups excluding carboxylic acids is 4. The molecule has 2 amide bonds. The number of carboxylic acids is 1. The van der Waals surface area contributed by atoms with Crippen LogP contribution in [0.4, 0.5) is 0 Å². The first-order chi connectivity index (χ1) is 22.5. The van der Waals surface area contributed by atoms with Gasteiger partial charge in [-0.05, 0) is 19.3 Å². The largest absolute Gasteiger partial charge is 0.480 e. The van der Waals surface area contributed by atoms with Crippen molar-refractivity contribution >= 4 is 29.9 Å². The van der Waals surface area contributed by atoms with Gasteiger partial charge in [-0.1, -0.05) is 77.0 Å². The fourth-order valence-electron chi connectivity index (χ4n) is 5.25. The number of carbonyl (C=O) groups is 5. The molecule has 46 heavy (non-hydrogen) atoms. The van der Waals surface area contributed by atoms with Gasteiger partial charge in [-0.3, -0.25) is 14.4 Å². The molecule has 0 aromatic heterocycles. The van der Waals surface area contributed by atoms with E-state index >= 15 is 0 Å². The predicted molar refractivity (Wildman–Crippen MR) is 174 cm³/mol. The van der Waals surface area contributed by atoms with Crippen LogP contribution in [0.5, 0.6) is 0 Å². The molecule has 1 rings (SSSR count). The number of aldehydes is 1. The molecule has 12 heteroatoms. The molecule has 1 heterocycles. The topological polar surface area (TPSA) is 167 Å². The molecule has 0 aromatic carbocycles. The molecule has 3 N–H and O–H groups in total. The van der Waals surface area contributed by atoms with Crippen molar-refractivity contribution < 1.29 is 48.0 Å². The third-order valence-electron chi connectivity index (χ3n) is 7.93. The second kappa shape index (κ2) is 30.0. The number of ketones is 1. The Hall–Kier alpha value is -2.41. The lowest BCUT2D eigenvalue weighted by Gasteiger charge is -2.21. The molecule has 0 spiro atoms. The summed E-state index contributed by atoms with van der Waals surface area (Å²) in [5.41, 5.74) is 0. The van der Waals surface area contributed by atoms with E-state index in [4.69, 9.17) is 18.9 Å². The van der Waals surface area contributed by atoms with Crippen LogP contribution in [-0.2, 0) is 42.9 Å². The molecule has 0 saturated carbocycles. The number of hydrogen-bond donors (Lipinski definition) is 3. The van der Waals surface area contributed by atoms with Gasteiger partial charge in [0.05, 0.1) is 58.8 Å². The summed E-state index contributed by atoms with van der Waals surface area (Å²) in [5.74, 6) is -3.65. The van der Waals surface area contributed by atoms with Crippen LogP contribution in [0.25, 0.3) is 0 Å². The average molecular weight is 657 g/mol. The van der Waals surface area contributed by atoms with Crippen molar-refractivity contribution in [3.63, 3.8) is 0 Å². The number of hydrogen-bond acceptors (Lipinski definition) is 9. The summed E-state index contributed by atoms with van der Waals surface area (Å²) >= 11 is 0. The van der Waals surface area contributed by atoms with Gasteiger partial charge in [0.15, 0.2) is 0 Å². The fourth-order valence-corrected chi connectivity index (χ4v) is 5.25. The van der Waals surface area contributed by atoms with E-state index in [-0.39, 0.29) is 44.1 Å². The van der Waals surface area contributed by atoms with E-state index in [0.717, 1.165) is 44.8 Å². The molecule has 1 aliphatic rings. The van der Waals surface area contributed by atoms with Crippen molar-refractivity contribution in [2.75, 3.05) is 59.4 Å². The molecule has 0 bridgehead atoms. The molecule has 0 aliphatic carbocycles. The standard InChI is InChI=1S/C34H60N2O10/c37-19-15-20-43-22-24-45-26-27-46-25-23-44-21-18-35-33(40)29-28-30(34(41)42)36-32(39)17-14-12-10-8-6-4-2-1-3-5-7-9-11-13-16-31(29)38/h19,29-30H,1-18,20-28H2,(H,35,40)(H,36,39)(H,41,42)/t29?,30-/m0/s1. The molecule has 1 aliphatic heterocycles. The monoisotopic (exact) mass is 656 g/mol. The second-order valence-corrected chi connectivity index (χ2v) is 11.9. The van der Waals surface area contributed by atoms with E-state index in [2.05, 4.69) is 10.6 Å². The van der Waals surface area contributed by atoms with E-state index in [9.17, 15) is 29.1 Å². The van der Waals surface area contributed by atoms with E-state index in [1.165, 1.54) is 38.5 Å². The van der Waals surface area contributed by atoms with Crippen LogP contribution >= 0.6 is 0 Å². The maximum atomic E-state index is 13.2. The number of carboxylic acid groups (broad SMARTS) is 1. The Morgan fingerprint density at radius 3 is 1.59 bits per heavy atom. The summed E-state index contributed by atoms with van der Waals surface area (Å²) in [6.45, 7) is 3.01. The van der Waals surface area contributed by atoms with Crippen molar-refractivity contribution in [3.05, 3.63) is 0 Å². The van der Waals surface area contributed by atoms with Gasteiger partial charge in [-0.25, -0.2) is 4.79 Å². The Labute approximate surface area is 275 Å². The van der Waals surface area contributed by atoms with Crippen LogP contribution in [0.2, 0.25) is 0 Å². The minimum Gasteiger partial charge on any atom is -0.480 e. The van der Waals surface area contributed by atoms with Crippen molar-refractivity contribution in [2.45, 2.75) is 122 Å². The van der Waals surface area contributed by atoms with Crippen LogP contribution in [0.3, 0.4) is 0 Å². The Morgan fingerprint density at radius 2 is 1.11 bits per heavy atom. The molecule has 1 saturated heterocycles. The lowest BCUT2D eigenvalue weighted by Crippen LogP contribution is -2.46. The van der Waals surface area contributed by atoms with Crippen LogP contribution in [0.15, 0.2) is 0 Å². The van der Waals surface area contributed by atoms with Gasteiger partial charge in [-0.15, -0.1) is 0 Å². The normalized spacial score (nSPS) is 20.5. The van der Waals surface area contributed by atoms with Gasteiger partial charge >= 0.3 is 5.97 Å². The molecule has 266 valence electrons. The van der Waals surface area contributed by atoms with Crippen LogP contribution in [0, 0.1) is 5.92 Å². The van der Waals surface area contributed by atoms with Crippen LogP contribution in [0.1, 0.15) is 116 Å². The van der Waals surface area contributed by atoms with Crippen LogP contribution < -0.4 is 10.6 Å². The molecule has 1 unspecified atom stereocenters. The fraction of sp³-hybridized carbons (Fsp3) is 0.853. The summed E-state index contributed by atoms with van der Waals surface area (Å²) in [7, 11) is 0. The number of rotatable bonds is 17. The van der Waals surface area contributed by atoms with Crippen molar-refractivity contribution in [2.24, 2.45) is 5.92 Å². The van der Waals surface area contributed by atoms with Gasteiger partial charge in [0, 0.05) is 25.8 Å². The number of amides is 2. The van der Waals surface area contributed by atoms with E-state index < -0.39 is 23.8 Å². The number of Topliss-reactive ketones (excluding diaryl/α,β-unsaturated/α-hetero) is 1. The first-order valence-corrected chi connectivity index (χ1v) is 17.5. The van der Waals surface area contributed by atoms with E-state index in [1.807, 2.05) is 0 Å². The Bertz CT molecular complexity index is 826. The quantitative estimate of drug-likeness (QED) is 0.118. The SMILES string of the molecule is O=CCCOCCOCCOCCOCCNC(=O)C1C[C@@H](C(=O)O)NC(=O)CCCCCCCCCCCCCCCCC1=O. The highest BCUT2D eigenvalue weighted by molar-refractivity contribution is 6.02. The molecule has 12 nitrogen and oxygen atoms in total. The zero-order valence-corrected chi connectivity index (χ0v) is 27.9. The molecule has 0 aromatic rings.